The Labute approximate surface area is 187 Å². The van der Waals surface area contributed by atoms with Gasteiger partial charge in [0.05, 0.1) is 0 Å². The van der Waals surface area contributed by atoms with E-state index in [0.29, 0.717) is 45.2 Å². The fourth-order valence-corrected chi connectivity index (χ4v) is 5.12. The molecule has 2 saturated heterocycles. The van der Waals surface area contributed by atoms with Crippen LogP contribution in [0.1, 0.15) is 38.2 Å². The number of amides is 3. The summed E-state index contributed by atoms with van der Waals surface area (Å²) < 4.78 is 0. The van der Waals surface area contributed by atoms with Gasteiger partial charge in [-0.25, -0.2) is 4.79 Å². The summed E-state index contributed by atoms with van der Waals surface area (Å²) in [4.78, 5) is 56.3. The van der Waals surface area contributed by atoms with E-state index in [1.54, 1.807) is 16.7 Å². The van der Waals surface area contributed by atoms with Gasteiger partial charge in [-0.15, -0.1) is 0 Å². The highest BCUT2D eigenvalue weighted by molar-refractivity contribution is 6.00. The maximum Gasteiger partial charge on any atom is 0.329 e. The largest absolute Gasteiger partial charge is 0.480 e. The van der Waals surface area contributed by atoms with Crippen LogP contribution in [0.3, 0.4) is 0 Å². The lowest BCUT2D eigenvalue weighted by atomic mass is 9.95. The van der Waals surface area contributed by atoms with Gasteiger partial charge >= 0.3 is 5.97 Å². The number of piperazine rings is 1. The molecule has 1 saturated carbocycles. The molecule has 1 spiro atoms. The Hall–Kier alpha value is -3.16. The van der Waals surface area contributed by atoms with Crippen LogP contribution in [0, 0.1) is 0 Å². The molecule has 32 heavy (non-hydrogen) atoms. The third-order valence-electron chi connectivity index (χ3n) is 7.21. The highest BCUT2D eigenvalue weighted by Crippen LogP contribution is 2.46. The molecule has 0 bridgehead atoms. The Kier molecular flexibility index (Phi) is 5.56. The van der Waals surface area contributed by atoms with E-state index >= 15 is 0 Å². The van der Waals surface area contributed by atoms with E-state index in [1.807, 2.05) is 30.3 Å². The molecule has 0 unspecified atom stereocenters. The maximum atomic E-state index is 13.8. The van der Waals surface area contributed by atoms with Gasteiger partial charge in [0, 0.05) is 26.1 Å². The zero-order chi connectivity index (χ0) is 23.1. The summed E-state index contributed by atoms with van der Waals surface area (Å²) >= 11 is 0. The van der Waals surface area contributed by atoms with Gasteiger partial charge in [-0.3, -0.25) is 14.4 Å². The van der Waals surface area contributed by atoms with Crippen LogP contribution in [0.4, 0.5) is 0 Å². The molecule has 2 aliphatic heterocycles. The van der Waals surface area contributed by atoms with Gasteiger partial charge in [-0.05, 0) is 44.2 Å². The smallest absolute Gasteiger partial charge is 0.329 e. The molecule has 1 aromatic carbocycles. The summed E-state index contributed by atoms with van der Waals surface area (Å²) in [5, 5.41) is 9.81. The molecule has 0 aromatic heterocycles. The first-order valence-corrected chi connectivity index (χ1v) is 11.1. The van der Waals surface area contributed by atoms with Crippen LogP contribution in [0.2, 0.25) is 0 Å². The van der Waals surface area contributed by atoms with E-state index in [0.717, 1.165) is 5.56 Å². The third kappa shape index (κ3) is 3.47. The van der Waals surface area contributed by atoms with Crippen molar-refractivity contribution in [2.45, 2.75) is 56.1 Å². The molecule has 3 aliphatic rings. The van der Waals surface area contributed by atoms with E-state index < -0.39 is 23.1 Å². The summed E-state index contributed by atoms with van der Waals surface area (Å²) in [6, 6.07) is 8.61. The van der Waals surface area contributed by atoms with Crippen molar-refractivity contribution in [1.82, 2.24) is 14.7 Å². The minimum absolute atomic E-state index is 0.223. The number of nitrogens with zero attached hydrogens (tertiary/aromatic N) is 3. The molecule has 3 amide bonds. The fraction of sp³-hybridized carbons (Fsp3) is 0.500. The third-order valence-corrected chi connectivity index (χ3v) is 7.21. The Bertz CT molecular complexity index is 958. The first kappa shape index (κ1) is 22.0. The molecular weight excluding hydrogens is 410 g/mol. The van der Waals surface area contributed by atoms with E-state index in [9.17, 15) is 24.3 Å². The number of carbonyl (C=O) groups excluding carboxylic acids is 3. The minimum atomic E-state index is -1.28. The molecule has 8 heteroatoms. The topological polar surface area (TPSA) is 98.2 Å². The van der Waals surface area contributed by atoms with Crippen LogP contribution in [-0.4, -0.2) is 80.3 Å². The lowest BCUT2D eigenvalue weighted by Crippen LogP contribution is -2.66. The van der Waals surface area contributed by atoms with Gasteiger partial charge in [0.2, 0.25) is 17.7 Å². The van der Waals surface area contributed by atoms with Crippen LogP contribution in [0.25, 0.3) is 0 Å². The number of aliphatic carboxylic acids is 1. The second kappa shape index (κ2) is 8.07. The molecule has 3 fully saturated rings. The van der Waals surface area contributed by atoms with Gasteiger partial charge in [0.1, 0.15) is 17.1 Å². The summed E-state index contributed by atoms with van der Waals surface area (Å²) in [6.07, 6.45) is 3.62. The van der Waals surface area contributed by atoms with Crippen molar-refractivity contribution in [3.05, 3.63) is 48.6 Å². The quantitative estimate of drug-likeness (QED) is 0.677. The molecule has 4 rings (SSSR count). The number of carboxylic acids is 1. The van der Waals surface area contributed by atoms with Crippen molar-refractivity contribution in [1.29, 1.82) is 0 Å². The van der Waals surface area contributed by atoms with Crippen molar-refractivity contribution in [3.8, 4) is 0 Å². The predicted octanol–water partition coefficient (Wildman–Crippen LogP) is 1.45. The summed E-state index contributed by atoms with van der Waals surface area (Å²) in [5.41, 5.74) is -1.29. The van der Waals surface area contributed by atoms with Crippen LogP contribution < -0.4 is 0 Å². The second-order valence-corrected chi connectivity index (χ2v) is 9.10. The predicted molar refractivity (Wildman–Crippen MR) is 117 cm³/mol. The van der Waals surface area contributed by atoms with Gasteiger partial charge < -0.3 is 19.8 Å². The molecule has 2 heterocycles. The number of hydrogen-bond acceptors (Lipinski definition) is 4. The van der Waals surface area contributed by atoms with Crippen LogP contribution >= 0.6 is 0 Å². The zero-order valence-electron chi connectivity index (χ0n) is 18.3. The van der Waals surface area contributed by atoms with Gasteiger partial charge in [-0.1, -0.05) is 36.9 Å². The molecule has 2 atom stereocenters. The molecule has 1 aliphatic carbocycles. The highest BCUT2D eigenvalue weighted by atomic mass is 16.4. The van der Waals surface area contributed by atoms with Crippen molar-refractivity contribution >= 4 is 23.7 Å². The van der Waals surface area contributed by atoms with E-state index in [-0.39, 0.29) is 24.3 Å². The Balaban J connectivity index is 1.67. The van der Waals surface area contributed by atoms with Gasteiger partial charge in [-0.2, -0.15) is 0 Å². The molecule has 0 radical (unpaired) electrons. The van der Waals surface area contributed by atoms with Crippen molar-refractivity contribution < 1.29 is 24.3 Å². The average Bonchev–Trinajstić information content (AvgIpc) is 3.47. The van der Waals surface area contributed by atoms with E-state index in [2.05, 4.69) is 6.58 Å². The monoisotopic (exact) mass is 439 g/mol. The molecule has 170 valence electrons. The highest BCUT2D eigenvalue weighted by Gasteiger charge is 2.61. The Morgan fingerprint density at radius 3 is 2.38 bits per heavy atom. The number of likely N-dealkylation sites (tertiary alicyclic amines) is 1. The minimum Gasteiger partial charge on any atom is -0.480 e. The summed E-state index contributed by atoms with van der Waals surface area (Å²) in [5.74, 6) is -1.89. The number of benzene rings is 1. The lowest BCUT2D eigenvalue weighted by molar-refractivity contribution is -0.163. The zero-order valence-corrected chi connectivity index (χ0v) is 18.3. The number of carboxylic acid groups (broad SMARTS) is 1. The summed E-state index contributed by atoms with van der Waals surface area (Å²) in [7, 11) is 0. The maximum absolute atomic E-state index is 13.8. The fourth-order valence-electron chi connectivity index (χ4n) is 5.12. The van der Waals surface area contributed by atoms with Gasteiger partial charge in [0.15, 0.2) is 0 Å². The van der Waals surface area contributed by atoms with Crippen LogP contribution in [0.5, 0.6) is 0 Å². The Morgan fingerprint density at radius 2 is 1.78 bits per heavy atom. The molecular formula is C24H29N3O5. The lowest BCUT2D eigenvalue weighted by Gasteiger charge is -2.45. The van der Waals surface area contributed by atoms with Gasteiger partial charge in [0.25, 0.3) is 0 Å². The summed E-state index contributed by atoms with van der Waals surface area (Å²) in [6.45, 7) is 6.02. The average molecular weight is 440 g/mol. The van der Waals surface area contributed by atoms with Crippen molar-refractivity contribution in [2.75, 3.05) is 19.6 Å². The van der Waals surface area contributed by atoms with Crippen LogP contribution in [0.15, 0.2) is 43.0 Å². The van der Waals surface area contributed by atoms with Crippen molar-refractivity contribution in [3.63, 3.8) is 0 Å². The number of hydrogen-bond donors (Lipinski definition) is 1. The normalized spacial score (nSPS) is 25.0. The molecule has 1 N–H and O–H groups in total. The van der Waals surface area contributed by atoms with Crippen molar-refractivity contribution in [2.24, 2.45) is 0 Å². The second-order valence-electron chi connectivity index (χ2n) is 9.10. The van der Waals surface area contributed by atoms with E-state index in [1.165, 1.54) is 11.0 Å². The first-order chi connectivity index (χ1) is 15.2. The Morgan fingerprint density at radius 1 is 1.09 bits per heavy atom. The first-order valence-electron chi connectivity index (χ1n) is 11.1. The molecule has 1 aromatic rings. The standard InChI is InChI=1S/C24H29N3O5/c1-3-19(28)26-15-14-25(21(30)24(26)11-12-24)18(16-17-8-5-4-6-9-17)20(29)27-13-7-10-23(27,2)22(31)32/h3-6,8-9,18H,1,7,10-16H2,2H3,(H,31,32)/t18-,23-/m0/s1. The molecule has 8 nitrogen and oxygen atoms in total. The number of carbonyl (C=O) groups is 4. The van der Waals surface area contributed by atoms with E-state index in [4.69, 9.17) is 0 Å². The SMILES string of the molecule is C=CC(=O)N1CCN([C@@H](Cc2ccccc2)C(=O)N2CCC[C@@]2(C)C(=O)O)C(=O)C12CC2. The number of rotatable bonds is 6. The van der Waals surface area contributed by atoms with Crippen LogP contribution in [-0.2, 0) is 25.6 Å².